The van der Waals surface area contributed by atoms with Gasteiger partial charge in [-0.2, -0.15) is 17.9 Å². The van der Waals surface area contributed by atoms with Crippen LogP contribution in [-0.4, -0.2) is 37.7 Å². The van der Waals surface area contributed by atoms with Crippen LogP contribution in [0.15, 0.2) is 64.7 Å². The van der Waals surface area contributed by atoms with Gasteiger partial charge in [-0.15, -0.1) is 0 Å². The maximum atomic E-state index is 14.6. The van der Waals surface area contributed by atoms with Gasteiger partial charge in [0.05, 0.1) is 10.5 Å². The van der Waals surface area contributed by atoms with Crippen molar-refractivity contribution in [3.8, 4) is 0 Å². The second kappa shape index (κ2) is 8.89. The van der Waals surface area contributed by atoms with Gasteiger partial charge >= 0.3 is 6.18 Å². The van der Waals surface area contributed by atoms with Gasteiger partial charge in [-0.25, -0.2) is 12.8 Å². The van der Waals surface area contributed by atoms with Crippen molar-refractivity contribution in [2.75, 3.05) is 10.2 Å². The first-order chi connectivity index (χ1) is 16.1. The highest BCUT2D eigenvalue weighted by Crippen LogP contribution is 2.47. The van der Waals surface area contributed by atoms with Gasteiger partial charge in [0.2, 0.25) is 21.5 Å². The van der Waals surface area contributed by atoms with Crippen LogP contribution in [0.5, 0.6) is 0 Å². The predicted octanol–water partition coefficient (Wildman–Crippen LogP) is 3.27. The molecule has 0 spiro atoms. The number of amides is 2. The number of rotatable bonds is 6. The van der Waals surface area contributed by atoms with Gasteiger partial charge in [0.25, 0.3) is 5.91 Å². The third-order valence-electron chi connectivity index (χ3n) is 5.23. The molecule has 0 aromatic heterocycles. The second-order valence-electron chi connectivity index (χ2n) is 7.69. The lowest BCUT2D eigenvalue weighted by atomic mass is 9.88. The SMILES string of the molecule is CC(=O)Nc1ccc(S(=O)(=O)NC2(C(F)(F)F)C(=O)N(c3ccc(F)cc3)C(C)=C2C(C)=O)cc1. The molecular weight excluding hydrogens is 494 g/mol. The Morgan fingerprint density at radius 2 is 1.51 bits per heavy atom. The number of carbonyl (C=O) groups is 3. The van der Waals surface area contributed by atoms with Gasteiger partial charge in [-0.3, -0.25) is 19.3 Å². The zero-order valence-electron chi connectivity index (χ0n) is 18.5. The van der Waals surface area contributed by atoms with E-state index in [1.807, 2.05) is 0 Å². The van der Waals surface area contributed by atoms with E-state index in [-0.39, 0.29) is 11.4 Å². The fourth-order valence-electron chi connectivity index (χ4n) is 3.83. The molecule has 13 heteroatoms. The largest absolute Gasteiger partial charge is 0.421 e. The number of Topliss-reactive ketones (excluding diaryl/α,β-unsaturated/α-hetero) is 1. The summed E-state index contributed by atoms with van der Waals surface area (Å²) < 4.78 is 84.6. The van der Waals surface area contributed by atoms with E-state index in [0.29, 0.717) is 4.90 Å². The summed E-state index contributed by atoms with van der Waals surface area (Å²) in [7, 11) is -5.04. The highest BCUT2D eigenvalue weighted by atomic mass is 32.2. The van der Waals surface area contributed by atoms with Crippen LogP contribution in [0, 0.1) is 5.82 Å². The molecule has 35 heavy (non-hydrogen) atoms. The molecule has 1 unspecified atom stereocenters. The van der Waals surface area contributed by atoms with Crippen LogP contribution < -0.4 is 14.9 Å². The van der Waals surface area contributed by atoms with Gasteiger partial charge in [0.15, 0.2) is 5.78 Å². The highest BCUT2D eigenvalue weighted by Gasteiger charge is 2.70. The Kier molecular flexibility index (Phi) is 6.61. The lowest BCUT2D eigenvalue weighted by Gasteiger charge is -2.33. The van der Waals surface area contributed by atoms with E-state index < -0.39 is 61.3 Å². The number of hydrogen-bond donors (Lipinski definition) is 2. The molecule has 1 aliphatic heterocycles. The fraction of sp³-hybridized carbons (Fsp3) is 0.227. The summed E-state index contributed by atoms with van der Waals surface area (Å²) in [6, 6.07) is 7.99. The van der Waals surface area contributed by atoms with Crippen molar-refractivity contribution in [3.63, 3.8) is 0 Å². The van der Waals surface area contributed by atoms with E-state index in [1.54, 1.807) is 0 Å². The second-order valence-corrected chi connectivity index (χ2v) is 9.37. The number of nitrogens with zero attached hydrogens (tertiary/aromatic N) is 1. The summed E-state index contributed by atoms with van der Waals surface area (Å²) in [5.41, 5.74) is -5.53. The molecular formula is C22H19F4N3O5S. The minimum Gasteiger partial charge on any atom is -0.326 e. The van der Waals surface area contributed by atoms with Gasteiger partial charge < -0.3 is 5.32 Å². The normalized spacial score (nSPS) is 18.7. The monoisotopic (exact) mass is 513 g/mol. The number of halogens is 4. The van der Waals surface area contributed by atoms with Crippen LogP contribution in [-0.2, 0) is 24.4 Å². The third kappa shape index (κ3) is 4.56. The maximum Gasteiger partial charge on any atom is 0.421 e. The molecule has 1 atom stereocenters. The quantitative estimate of drug-likeness (QED) is 0.576. The standard InChI is InChI=1S/C22H19F4N3O5S/c1-12-19(13(2)30)21(22(24,25)26,20(32)29(12)17-8-4-15(23)5-9-17)28-35(33,34)18-10-6-16(7-11-18)27-14(3)31/h4-11,28H,1-3H3,(H,27,31). The van der Waals surface area contributed by atoms with E-state index in [1.165, 1.54) is 11.6 Å². The molecule has 2 amide bonds. The topological polar surface area (TPSA) is 113 Å². The molecule has 186 valence electrons. The number of sulfonamides is 1. The summed E-state index contributed by atoms with van der Waals surface area (Å²) in [6.07, 6.45) is -5.58. The van der Waals surface area contributed by atoms with Crippen molar-refractivity contribution in [1.82, 2.24) is 4.72 Å². The zero-order chi connectivity index (χ0) is 26.3. The van der Waals surface area contributed by atoms with Crippen molar-refractivity contribution < 1.29 is 40.4 Å². The average Bonchev–Trinajstić information content (AvgIpc) is 2.95. The molecule has 8 nitrogen and oxygen atoms in total. The predicted molar refractivity (Wildman–Crippen MR) is 117 cm³/mol. The lowest BCUT2D eigenvalue weighted by Crippen LogP contribution is -2.66. The Hall–Kier alpha value is -3.58. The molecule has 0 saturated carbocycles. The summed E-state index contributed by atoms with van der Waals surface area (Å²) >= 11 is 0. The van der Waals surface area contributed by atoms with Crippen molar-refractivity contribution in [3.05, 3.63) is 65.6 Å². The number of allylic oxidation sites excluding steroid dienone is 1. The van der Waals surface area contributed by atoms with E-state index in [0.717, 1.165) is 62.4 Å². The summed E-state index contributed by atoms with van der Waals surface area (Å²) in [5, 5.41) is 2.38. The molecule has 0 fully saturated rings. The first kappa shape index (κ1) is 26.0. The van der Waals surface area contributed by atoms with Gasteiger partial charge in [-0.1, -0.05) is 0 Å². The van der Waals surface area contributed by atoms with E-state index >= 15 is 0 Å². The molecule has 2 aromatic carbocycles. The number of benzene rings is 2. The van der Waals surface area contributed by atoms with Crippen LogP contribution >= 0.6 is 0 Å². The first-order valence-corrected chi connectivity index (χ1v) is 11.4. The number of anilines is 2. The van der Waals surface area contributed by atoms with Crippen LogP contribution in [0.4, 0.5) is 28.9 Å². The highest BCUT2D eigenvalue weighted by molar-refractivity contribution is 7.89. The lowest BCUT2D eigenvalue weighted by molar-refractivity contribution is -0.183. The smallest absolute Gasteiger partial charge is 0.326 e. The Labute approximate surface area is 197 Å². The van der Waals surface area contributed by atoms with E-state index in [4.69, 9.17) is 0 Å². The van der Waals surface area contributed by atoms with Gasteiger partial charge in [0, 0.05) is 24.0 Å². The number of hydrogen-bond acceptors (Lipinski definition) is 5. The molecule has 2 aromatic rings. The number of alkyl halides is 3. The summed E-state index contributed by atoms with van der Waals surface area (Å²) in [4.78, 5) is 36.7. The van der Waals surface area contributed by atoms with Gasteiger partial charge in [-0.05, 0) is 62.4 Å². The van der Waals surface area contributed by atoms with Crippen molar-refractivity contribution in [2.45, 2.75) is 37.4 Å². The zero-order valence-corrected chi connectivity index (χ0v) is 19.3. The van der Waals surface area contributed by atoms with Crippen LogP contribution in [0.25, 0.3) is 0 Å². The Morgan fingerprint density at radius 3 is 1.97 bits per heavy atom. The molecule has 0 radical (unpaired) electrons. The molecule has 2 N–H and O–H groups in total. The molecule has 3 rings (SSSR count). The van der Waals surface area contributed by atoms with Crippen LogP contribution in [0.1, 0.15) is 20.8 Å². The fourth-order valence-corrected chi connectivity index (χ4v) is 5.15. The maximum absolute atomic E-state index is 14.6. The van der Waals surface area contributed by atoms with Crippen LogP contribution in [0.3, 0.4) is 0 Å². The molecule has 1 aliphatic rings. The van der Waals surface area contributed by atoms with Crippen molar-refractivity contribution in [2.24, 2.45) is 0 Å². The number of nitrogens with one attached hydrogen (secondary N) is 2. The summed E-state index contributed by atoms with van der Waals surface area (Å²) in [5.74, 6) is -4.17. The molecule has 1 heterocycles. The van der Waals surface area contributed by atoms with Crippen molar-refractivity contribution >= 4 is 39.0 Å². The molecule has 0 saturated heterocycles. The first-order valence-electron chi connectivity index (χ1n) is 9.92. The van der Waals surface area contributed by atoms with Crippen molar-refractivity contribution in [1.29, 1.82) is 0 Å². The van der Waals surface area contributed by atoms with E-state index in [2.05, 4.69) is 5.32 Å². The minimum absolute atomic E-state index is 0.182. The Bertz CT molecular complexity index is 1340. The molecule has 0 bridgehead atoms. The van der Waals surface area contributed by atoms with Crippen LogP contribution in [0.2, 0.25) is 0 Å². The molecule has 0 aliphatic carbocycles. The van der Waals surface area contributed by atoms with Gasteiger partial charge in [0.1, 0.15) is 5.82 Å². The van der Waals surface area contributed by atoms with E-state index in [9.17, 15) is 40.4 Å². The summed E-state index contributed by atoms with van der Waals surface area (Å²) in [6.45, 7) is 3.04. The Morgan fingerprint density at radius 1 is 0.971 bits per heavy atom. The third-order valence-corrected chi connectivity index (χ3v) is 6.70. The Balaban J connectivity index is 2.17. The average molecular weight is 513 g/mol. The number of ketones is 1. The number of carbonyl (C=O) groups excluding carboxylic acids is 3. The minimum atomic E-state index is -5.58.